The number of benzene rings is 1. The molecule has 162 valence electrons. The molecule has 1 aromatic carbocycles. The number of ether oxygens (including phenoxy) is 2. The van der Waals surface area contributed by atoms with Crippen LogP contribution in [0.25, 0.3) is 11.3 Å². The number of halogens is 1. The highest BCUT2D eigenvalue weighted by molar-refractivity contribution is 7.84. The van der Waals surface area contributed by atoms with E-state index >= 15 is 0 Å². The van der Waals surface area contributed by atoms with Gasteiger partial charge in [0.15, 0.2) is 0 Å². The van der Waals surface area contributed by atoms with Crippen molar-refractivity contribution in [3.63, 3.8) is 0 Å². The van der Waals surface area contributed by atoms with Gasteiger partial charge in [-0.15, -0.1) is 0 Å². The minimum Gasteiger partial charge on any atom is -0.492 e. The molecule has 1 aromatic heterocycles. The number of amides is 1. The fourth-order valence-corrected chi connectivity index (χ4v) is 3.81. The third-order valence-electron chi connectivity index (χ3n) is 4.98. The summed E-state index contributed by atoms with van der Waals surface area (Å²) in [6, 6.07) is 7.99. The quantitative estimate of drug-likeness (QED) is 0.680. The van der Waals surface area contributed by atoms with E-state index in [0.717, 1.165) is 12.8 Å². The van der Waals surface area contributed by atoms with Crippen molar-refractivity contribution in [2.75, 3.05) is 26.0 Å². The van der Waals surface area contributed by atoms with Crippen molar-refractivity contribution in [3.8, 4) is 17.0 Å². The number of nitrogens with zero attached hydrogens (tertiary/aromatic N) is 2. The van der Waals surface area contributed by atoms with Crippen LogP contribution < -0.4 is 4.74 Å². The molecule has 0 bridgehead atoms. The van der Waals surface area contributed by atoms with Gasteiger partial charge in [-0.1, -0.05) is 0 Å². The number of hydrogen-bond donors (Lipinski definition) is 0. The van der Waals surface area contributed by atoms with Crippen molar-refractivity contribution < 1.29 is 22.9 Å². The van der Waals surface area contributed by atoms with Gasteiger partial charge < -0.3 is 14.4 Å². The largest absolute Gasteiger partial charge is 0.492 e. The molecule has 30 heavy (non-hydrogen) atoms. The van der Waals surface area contributed by atoms with Crippen LogP contribution in [0.5, 0.6) is 5.75 Å². The molecule has 3 rings (SSSR count). The lowest BCUT2D eigenvalue weighted by atomic mass is 9.98. The molecule has 1 aliphatic heterocycles. The topological polar surface area (TPSA) is 68.7 Å². The van der Waals surface area contributed by atoms with Gasteiger partial charge in [0.1, 0.15) is 11.6 Å². The Morgan fingerprint density at radius 1 is 1.27 bits per heavy atom. The summed E-state index contributed by atoms with van der Waals surface area (Å²) < 4.78 is 36.9. The van der Waals surface area contributed by atoms with Crippen LogP contribution in [-0.2, 0) is 15.5 Å². The summed E-state index contributed by atoms with van der Waals surface area (Å²) in [6.07, 6.45) is 4.44. The molecule has 1 amide bonds. The SMILES string of the molecule is CC(C)OC(=O)N1CCC(COc2ccc(-c3ccc(S(C)=O)cc3F)nc2)CC1. The molecule has 1 fully saturated rings. The summed E-state index contributed by atoms with van der Waals surface area (Å²) in [4.78, 5) is 18.4. The maximum atomic E-state index is 14.3. The van der Waals surface area contributed by atoms with Gasteiger partial charge in [-0.3, -0.25) is 9.19 Å². The lowest BCUT2D eigenvalue weighted by Crippen LogP contribution is -2.40. The summed E-state index contributed by atoms with van der Waals surface area (Å²) in [6.45, 7) is 5.55. The molecule has 0 N–H and O–H groups in total. The number of rotatable bonds is 6. The van der Waals surface area contributed by atoms with Crippen molar-refractivity contribution in [2.45, 2.75) is 37.7 Å². The van der Waals surface area contributed by atoms with Gasteiger partial charge in [-0.2, -0.15) is 0 Å². The second kappa shape index (κ2) is 10.0. The number of pyridine rings is 1. The molecule has 0 saturated carbocycles. The Kier molecular flexibility index (Phi) is 7.42. The van der Waals surface area contributed by atoms with Crippen molar-refractivity contribution >= 4 is 16.9 Å². The number of likely N-dealkylation sites (tertiary alicyclic amines) is 1. The first-order valence-electron chi connectivity index (χ1n) is 10.0. The van der Waals surface area contributed by atoms with Gasteiger partial charge >= 0.3 is 6.09 Å². The van der Waals surface area contributed by atoms with Gasteiger partial charge in [0, 0.05) is 40.6 Å². The zero-order valence-electron chi connectivity index (χ0n) is 17.5. The van der Waals surface area contributed by atoms with E-state index in [-0.39, 0.29) is 12.2 Å². The van der Waals surface area contributed by atoms with Crippen LogP contribution in [0.2, 0.25) is 0 Å². The molecule has 0 radical (unpaired) electrons. The highest BCUT2D eigenvalue weighted by Crippen LogP contribution is 2.25. The average molecular weight is 435 g/mol. The minimum atomic E-state index is -1.23. The molecule has 0 aliphatic carbocycles. The molecule has 1 aliphatic rings. The van der Waals surface area contributed by atoms with Crippen LogP contribution >= 0.6 is 0 Å². The van der Waals surface area contributed by atoms with E-state index < -0.39 is 16.6 Å². The highest BCUT2D eigenvalue weighted by Gasteiger charge is 2.24. The fourth-order valence-electron chi connectivity index (χ4n) is 3.28. The zero-order valence-corrected chi connectivity index (χ0v) is 18.3. The van der Waals surface area contributed by atoms with Crippen LogP contribution in [0, 0.1) is 11.7 Å². The normalized spacial score (nSPS) is 15.8. The number of aromatic nitrogens is 1. The molecule has 1 atom stereocenters. The number of carbonyl (C=O) groups excluding carboxylic acids is 1. The van der Waals surface area contributed by atoms with E-state index in [9.17, 15) is 13.4 Å². The average Bonchev–Trinajstić information content (AvgIpc) is 2.72. The minimum absolute atomic E-state index is 0.115. The van der Waals surface area contributed by atoms with Gasteiger partial charge in [0.25, 0.3) is 0 Å². The van der Waals surface area contributed by atoms with Crippen LogP contribution in [-0.4, -0.2) is 52.2 Å². The molecule has 1 saturated heterocycles. The highest BCUT2D eigenvalue weighted by atomic mass is 32.2. The smallest absolute Gasteiger partial charge is 0.410 e. The molecule has 2 heterocycles. The van der Waals surface area contributed by atoms with Crippen molar-refractivity contribution in [2.24, 2.45) is 5.92 Å². The first kappa shape index (κ1) is 22.2. The summed E-state index contributed by atoms with van der Waals surface area (Å²) in [7, 11) is -1.23. The third-order valence-corrected chi connectivity index (χ3v) is 5.90. The second-order valence-electron chi connectivity index (χ2n) is 7.65. The monoisotopic (exact) mass is 434 g/mol. The predicted octanol–water partition coefficient (Wildman–Crippen LogP) is 4.26. The Hall–Kier alpha value is -2.48. The summed E-state index contributed by atoms with van der Waals surface area (Å²) >= 11 is 0. The molecular formula is C22H27FN2O4S. The third kappa shape index (κ3) is 5.78. The number of carbonyl (C=O) groups is 1. The summed E-state index contributed by atoms with van der Waals surface area (Å²) in [5.41, 5.74) is 0.849. The summed E-state index contributed by atoms with van der Waals surface area (Å²) in [5.74, 6) is 0.520. The van der Waals surface area contributed by atoms with Gasteiger partial charge in [0.05, 0.1) is 24.6 Å². The Balaban J connectivity index is 1.51. The maximum absolute atomic E-state index is 14.3. The Morgan fingerprint density at radius 3 is 2.57 bits per heavy atom. The van der Waals surface area contributed by atoms with E-state index in [0.29, 0.717) is 47.5 Å². The first-order valence-corrected chi connectivity index (χ1v) is 11.6. The lowest BCUT2D eigenvalue weighted by molar-refractivity contribution is 0.0608. The van der Waals surface area contributed by atoms with Crippen molar-refractivity contribution in [3.05, 3.63) is 42.3 Å². The Morgan fingerprint density at radius 2 is 2.00 bits per heavy atom. The van der Waals surface area contributed by atoms with Crippen LogP contribution in [0.15, 0.2) is 41.4 Å². The Labute approximate surface area is 178 Å². The van der Waals surface area contributed by atoms with Gasteiger partial charge in [0.2, 0.25) is 0 Å². The van der Waals surface area contributed by atoms with Gasteiger partial charge in [-0.25, -0.2) is 9.18 Å². The second-order valence-corrected chi connectivity index (χ2v) is 9.03. The molecular weight excluding hydrogens is 407 g/mol. The Bertz CT molecular complexity index is 897. The molecule has 8 heteroatoms. The molecule has 2 aromatic rings. The maximum Gasteiger partial charge on any atom is 0.410 e. The zero-order chi connectivity index (χ0) is 21.7. The molecule has 1 unspecified atom stereocenters. The van der Waals surface area contributed by atoms with Gasteiger partial charge in [-0.05, 0) is 62.9 Å². The van der Waals surface area contributed by atoms with Crippen LogP contribution in [0.3, 0.4) is 0 Å². The van der Waals surface area contributed by atoms with Crippen molar-refractivity contribution in [1.29, 1.82) is 0 Å². The van der Waals surface area contributed by atoms with E-state index in [2.05, 4.69) is 4.98 Å². The number of piperidine rings is 1. The van der Waals surface area contributed by atoms with Crippen LogP contribution in [0.4, 0.5) is 9.18 Å². The first-order chi connectivity index (χ1) is 14.3. The van der Waals surface area contributed by atoms with E-state index in [1.54, 1.807) is 35.4 Å². The van der Waals surface area contributed by atoms with Crippen LogP contribution in [0.1, 0.15) is 26.7 Å². The molecule has 6 nitrogen and oxygen atoms in total. The van der Waals surface area contributed by atoms with E-state index in [4.69, 9.17) is 9.47 Å². The van der Waals surface area contributed by atoms with Crippen molar-refractivity contribution in [1.82, 2.24) is 9.88 Å². The lowest BCUT2D eigenvalue weighted by Gasteiger charge is -2.31. The molecule has 0 spiro atoms. The predicted molar refractivity (Wildman–Crippen MR) is 113 cm³/mol. The fraction of sp³-hybridized carbons (Fsp3) is 0.455. The standard InChI is InChI=1S/C22H27FN2O4S/c1-15(2)29-22(26)25-10-8-16(9-11-25)14-28-17-4-7-21(24-13-17)19-6-5-18(30(3)27)12-20(19)23/h4-7,12-13,15-16H,8-11,14H2,1-3H3. The van der Waals surface area contributed by atoms with E-state index in [1.807, 2.05) is 13.8 Å². The summed E-state index contributed by atoms with van der Waals surface area (Å²) in [5, 5.41) is 0. The van der Waals surface area contributed by atoms with E-state index in [1.165, 1.54) is 12.3 Å². The number of hydrogen-bond acceptors (Lipinski definition) is 5.